The molecular weight excluding hydrogens is 244 g/mol. The highest BCUT2D eigenvalue weighted by molar-refractivity contribution is 9.10. The molecular formula is C9H11BrN4. The topological polar surface area (TPSA) is 69.3 Å². The van der Waals surface area contributed by atoms with Crippen molar-refractivity contribution in [2.75, 3.05) is 12.3 Å². The van der Waals surface area contributed by atoms with Crippen LogP contribution < -0.4 is 11.5 Å². The van der Waals surface area contributed by atoms with Gasteiger partial charge in [0.15, 0.2) is 0 Å². The third-order valence-electron chi connectivity index (χ3n) is 2.06. The highest BCUT2D eigenvalue weighted by atomic mass is 79.9. The number of fused-ring (bicyclic) bond motifs is 1. The van der Waals surface area contributed by atoms with Gasteiger partial charge in [-0.1, -0.05) is 0 Å². The van der Waals surface area contributed by atoms with Crippen LogP contribution in [0.5, 0.6) is 0 Å². The number of anilines is 1. The number of hydrogen-bond acceptors (Lipinski definition) is 3. The van der Waals surface area contributed by atoms with Crippen molar-refractivity contribution in [1.29, 1.82) is 0 Å². The molecule has 0 radical (unpaired) electrons. The third-order valence-corrected chi connectivity index (χ3v) is 2.65. The van der Waals surface area contributed by atoms with E-state index < -0.39 is 0 Å². The van der Waals surface area contributed by atoms with Gasteiger partial charge in [-0.05, 0) is 34.6 Å². The van der Waals surface area contributed by atoms with Gasteiger partial charge in [0.2, 0.25) is 0 Å². The second kappa shape index (κ2) is 3.59. The van der Waals surface area contributed by atoms with Crippen LogP contribution in [0.3, 0.4) is 0 Å². The maximum Gasteiger partial charge on any atom is 0.132 e. The van der Waals surface area contributed by atoms with Crippen LogP contribution in [0.25, 0.3) is 5.52 Å². The van der Waals surface area contributed by atoms with Crippen LogP contribution in [0.1, 0.15) is 5.82 Å². The maximum absolute atomic E-state index is 5.69. The first-order valence-corrected chi connectivity index (χ1v) is 5.13. The Morgan fingerprint density at radius 1 is 1.50 bits per heavy atom. The van der Waals surface area contributed by atoms with Crippen LogP contribution in [0.4, 0.5) is 5.69 Å². The van der Waals surface area contributed by atoms with Gasteiger partial charge in [-0.25, -0.2) is 4.98 Å². The van der Waals surface area contributed by atoms with Gasteiger partial charge in [0.05, 0.1) is 5.52 Å². The van der Waals surface area contributed by atoms with Crippen molar-refractivity contribution < 1.29 is 0 Å². The fraction of sp³-hybridized carbons (Fsp3) is 0.222. The average Bonchev–Trinajstić information content (AvgIpc) is 2.44. The predicted octanol–water partition coefficient (Wildman–Crippen LogP) is 1.18. The van der Waals surface area contributed by atoms with Crippen molar-refractivity contribution in [3.8, 4) is 0 Å². The summed E-state index contributed by atoms with van der Waals surface area (Å²) in [5, 5.41) is 0. The molecule has 0 saturated heterocycles. The lowest BCUT2D eigenvalue weighted by Crippen LogP contribution is -2.06. The highest BCUT2D eigenvalue weighted by Crippen LogP contribution is 2.20. The number of pyridine rings is 1. The van der Waals surface area contributed by atoms with Crippen molar-refractivity contribution in [2.45, 2.75) is 6.42 Å². The number of nitrogens with zero attached hydrogens (tertiary/aromatic N) is 2. The normalized spacial score (nSPS) is 11.0. The molecule has 0 aromatic carbocycles. The Labute approximate surface area is 90.0 Å². The molecule has 0 aliphatic rings. The second-order valence-corrected chi connectivity index (χ2v) is 3.82. The number of hydrogen-bond donors (Lipinski definition) is 2. The Morgan fingerprint density at radius 3 is 3.00 bits per heavy atom. The first-order valence-electron chi connectivity index (χ1n) is 4.34. The standard InChI is InChI=1S/C9H11BrN4/c10-9-7-5-6(12)2-4-14(7)8(13-9)1-3-11/h2,4-5H,1,3,11-12H2. The third kappa shape index (κ3) is 1.49. The Kier molecular flexibility index (Phi) is 2.43. The minimum atomic E-state index is 0.593. The Morgan fingerprint density at radius 2 is 2.29 bits per heavy atom. The molecule has 0 bridgehead atoms. The molecule has 2 aromatic heterocycles. The van der Waals surface area contributed by atoms with Crippen LogP contribution in [-0.2, 0) is 6.42 Å². The molecule has 0 aliphatic carbocycles. The second-order valence-electron chi connectivity index (χ2n) is 3.07. The number of aromatic nitrogens is 2. The van der Waals surface area contributed by atoms with Crippen LogP contribution in [-0.4, -0.2) is 15.9 Å². The van der Waals surface area contributed by atoms with Gasteiger partial charge in [-0.15, -0.1) is 0 Å². The minimum Gasteiger partial charge on any atom is -0.399 e. The lowest BCUT2D eigenvalue weighted by molar-refractivity contribution is 0.862. The van der Waals surface area contributed by atoms with E-state index in [4.69, 9.17) is 11.5 Å². The molecule has 4 nitrogen and oxygen atoms in total. The SMILES string of the molecule is NCCc1nc(Br)c2cc(N)ccn12. The maximum atomic E-state index is 5.69. The number of nitrogens with two attached hydrogens (primary N) is 2. The van der Waals surface area contributed by atoms with Crippen molar-refractivity contribution in [3.63, 3.8) is 0 Å². The fourth-order valence-electron chi connectivity index (χ4n) is 1.43. The molecule has 0 spiro atoms. The minimum absolute atomic E-state index is 0.593. The monoisotopic (exact) mass is 254 g/mol. The van der Waals surface area contributed by atoms with Gasteiger partial charge in [0, 0.05) is 18.3 Å². The van der Waals surface area contributed by atoms with Gasteiger partial charge in [-0.2, -0.15) is 0 Å². The molecule has 0 fully saturated rings. The molecule has 74 valence electrons. The summed E-state index contributed by atoms with van der Waals surface area (Å²) in [4.78, 5) is 4.36. The van der Waals surface area contributed by atoms with Gasteiger partial charge in [0.1, 0.15) is 10.4 Å². The summed E-state index contributed by atoms with van der Waals surface area (Å²) >= 11 is 3.39. The molecule has 0 atom stereocenters. The lowest BCUT2D eigenvalue weighted by atomic mass is 10.3. The van der Waals surface area contributed by atoms with Gasteiger partial charge in [0.25, 0.3) is 0 Å². The quantitative estimate of drug-likeness (QED) is 0.846. The zero-order valence-corrected chi connectivity index (χ0v) is 9.16. The van der Waals surface area contributed by atoms with Crippen LogP contribution in [0, 0.1) is 0 Å². The summed E-state index contributed by atoms with van der Waals surface area (Å²) in [6, 6.07) is 3.73. The van der Waals surface area contributed by atoms with E-state index >= 15 is 0 Å². The van der Waals surface area contributed by atoms with Crippen LogP contribution in [0.15, 0.2) is 22.9 Å². The zero-order valence-electron chi connectivity index (χ0n) is 7.57. The van der Waals surface area contributed by atoms with Crippen molar-refractivity contribution in [2.24, 2.45) is 5.73 Å². The zero-order chi connectivity index (χ0) is 10.1. The van der Waals surface area contributed by atoms with Gasteiger partial charge >= 0.3 is 0 Å². The van der Waals surface area contributed by atoms with E-state index in [1.807, 2.05) is 22.7 Å². The summed E-state index contributed by atoms with van der Waals surface area (Å²) in [5.74, 6) is 0.953. The first-order chi connectivity index (χ1) is 6.72. The van der Waals surface area contributed by atoms with E-state index in [2.05, 4.69) is 20.9 Å². The Balaban J connectivity index is 2.65. The summed E-state index contributed by atoms with van der Waals surface area (Å²) in [5.41, 5.74) is 12.9. The summed E-state index contributed by atoms with van der Waals surface area (Å²) in [6.45, 7) is 0.593. The first kappa shape index (κ1) is 9.48. The summed E-state index contributed by atoms with van der Waals surface area (Å²) in [6.07, 6.45) is 2.67. The van der Waals surface area contributed by atoms with Crippen molar-refractivity contribution >= 4 is 27.1 Å². The van der Waals surface area contributed by atoms with Crippen molar-refractivity contribution in [3.05, 3.63) is 28.8 Å². The van der Waals surface area contributed by atoms with E-state index in [9.17, 15) is 0 Å². The average molecular weight is 255 g/mol. The fourth-order valence-corrected chi connectivity index (χ4v) is 1.94. The van der Waals surface area contributed by atoms with E-state index in [0.717, 1.165) is 28.1 Å². The van der Waals surface area contributed by atoms with Gasteiger partial charge in [-0.3, -0.25) is 0 Å². The number of rotatable bonds is 2. The highest BCUT2D eigenvalue weighted by Gasteiger charge is 2.07. The van der Waals surface area contributed by atoms with Gasteiger partial charge < -0.3 is 15.9 Å². The molecule has 14 heavy (non-hydrogen) atoms. The molecule has 2 rings (SSSR count). The molecule has 4 N–H and O–H groups in total. The van der Waals surface area contributed by atoms with E-state index in [1.165, 1.54) is 0 Å². The summed E-state index contributed by atoms with van der Waals surface area (Å²) < 4.78 is 2.81. The number of nitrogen functional groups attached to an aromatic ring is 1. The van der Waals surface area contributed by atoms with Crippen LogP contribution in [0.2, 0.25) is 0 Å². The van der Waals surface area contributed by atoms with E-state index in [0.29, 0.717) is 6.54 Å². The van der Waals surface area contributed by atoms with E-state index in [1.54, 1.807) is 0 Å². The lowest BCUT2D eigenvalue weighted by Gasteiger charge is -1.99. The molecule has 2 aromatic rings. The Hall–Kier alpha value is -1.07. The molecule has 0 amide bonds. The largest absolute Gasteiger partial charge is 0.399 e. The molecule has 2 heterocycles. The molecule has 0 unspecified atom stereocenters. The molecule has 0 saturated carbocycles. The number of halogens is 1. The number of imidazole rings is 1. The molecule has 0 aliphatic heterocycles. The predicted molar refractivity (Wildman–Crippen MR) is 60.1 cm³/mol. The Bertz CT molecular complexity index is 463. The smallest absolute Gasteiger partial charge is 0.132 e. The van der Waals surface area contributed by atoms with E-state index in [-0.39, 0.29) is 0 Å². The van der Waals surface area contributed by atoms with Crippen molar-refractivity contribution in [1.82, 2.24) is 9.38 Å². The summed E-state index contributed by atoms with van der Waals surface area (Å²) in [7, 11) is 0. The molecule has 5 heteroatoms. The van der Waals surface area contributed by atoms with Crippen LogP contribution >= 0.6 is 15.9 Å².